The molecule has 2 N–H and O–H groups in total. The molecule has 1 aromatic carbocycles. The topological polar surface area (TPSA) is 64.8 Å². The Bertz CT molecular complexity index is 530. The quantitative estimate of drug-likeness (QED) is 0.923. The largest absolute Gasteiger partial charge is 0.454 e. The van der Waals surface area contributed by atoms with Crippen LogP contribution in [-0.4, -0.2) is 30.2 Å². The lowest BCUT2D eigenvalue weighted by Crippen LogP contribution is -2.31. The Balaban J connectivity index is 1.73. The molecule has 5 nitrogen and oxygen atoms in total. The number of rotatable bonds is 4. The Kier molecular flexibility index (Phi) is 4.01. The fourth-order valence-corrected chi connectivity index (χ4v) is 3.03. The molecule has 1 fully saturated rings. The summed E-state index contributed by atoms with van der Waals surface area (Å²) in [5, 5.41) is 0. The summed E-state index contributed by atoms with van der Waals surface area (Å²) in [5.74, 6) is 1.77. The molecule has 0 aromatic heterocycles. The Labute approximate surface area is 125 Å². The maximum absolute atomic E-state index is 12.4. The third-order valence-corrected chi connectivity index (χ3v) is 4.17. The first-order valence-electron chi connectivity index (χ1n) is 7.60. The van der Waals surface area contributed by atoms with Crippen molar-refractivity contribution in [2.75, 3.05) is 13.3 Å². The summed E-state index contributed by atoms with van der Waals surface area (Å²) in [5.41, 5.74) is 6.88. The highest BCUT2D eigenvalue weighted by Crippen LogP contribution is 2.39. The van der Waals surface area contributed by atoms with Crippen LogP contribution < -0.4 is 15.2 Å². The fraction of sp³-hybridized carbons (Fsp3) is 0.562. The SMILES string of the molecule is CC(N)CCC(=O)N1CCCC1c1ccc2c(c1)OCO2. The minimum atomic E-state index is 0.0700. The van der Waals surface area contributed by atoms with Gasteiger partial charge in [-0.2, -0.15) is 0 Å². The first-order chi connectivity index (χ1) is 10.1. The zero-order chi connectivity index (χ0) is 14.8. The number of hydrogen-bond acceptors (Lipinski definition) is 4. The molecule has 0 radical (unpaired) electrons. The van der Waals surface area contributed by atoms with Crippen molar-refractivity contribution in [1.29, 1.82) is 0 Å². The Morgan fingerprint density at radius 3 is 3.05 bits per heavy atom. The predicted molar refractivity (Wildman–Crippen MR) is 79.1 cm³/mol. The van der Waals surface area contributed by atoms with Gasteiger partial charge < -0.3 is 20.1 Å². The van der Waals surface area contributed by atoms with E-state index in [1.54, 1.807) is 0 Å². The lowest BCUT2D eigenvalue weighted by Gasteiger charge is -2.25. The third-order valence-electron chi connectivity index (χ3n) is 4.17. The van der Waals surface area contributed by atoms with Crippen LogP contribution in [0.15, 0.2) is 18.2 Å². The zero-order valence-electron chi connectivity index (χ0n) is 12.4. The van der Waals surface area contributed by atoms with Gasteiger partial charge in [-0.05, 0) is 43.9 Å². The van der Waals surface area contributed by atoms with E-state index in [9.17, 15) is 4.79 Å². The summed E-state index contributed by atoms with van der Waals surface area (Å²) in [7, 11) is 0. The van der Waals surface area contributed by atoms with Crippen LogP contribution in [0.25, 0.3) is 0 Å². The minimum Gasteiger partial charge on any atom is -0.454 e. The molecule has 5 heteroatoms. The number of ether oxygens (including phenoxy) is 2. The van der Waals surface area contributed by atoms with Gasteiger partial charge in [0.1, 0.15) is 0 Å². The maximum atomic E-state index is 12.4. The summed E-state index contributed by atoms with van der Waals surface area (Å²) in [4.78, 5) is 14.4. The van der Waals surface area contributed by atoms with E-state index in [-0.39, 0.29) is 24.8 Å². The highest BCUT2D eigenvalue weighted by molar-refractivity contribution is 5.77. The first-order valence-corrected chi connectivity index (χ1v) is 7.60. The second-order valence-corrected chi connectivity index (χ2v) is 5.87. The number of amides is 1. The molecule has 1 saturated heterocycles. The average Bonchev–Trinajstić information content (AvgIpc) is 3.12. The van der Waals surface area contributed by atoms with Gasteiger partial charge in [-0.25, -0.2) is 0 Å². The normalized spacial score (nSPS) is 21.6. The summed E-state index contributed by atoms with van der Waals surface area (Å²) >= 11 is 0. The maximum Gasteiger partial charge on any atom is 0.231 e. The summed E-state index contributed by atoms with van der Waals surface area (Å²) in [6.07, 6.45) is 3.31. The summed E-state index contributed by atoms with van der Waals surface area (Å²) in [6.45, 7) is 3.05. The van der Waals surface area contributed by atoms with Crippen molar-refractivity contribution < 1.29 is 14.3 Å². The molecule has 0 aliphatic carbocycles. The average molecular weight is 290 g/mol. The van der Waals surface area contributed by atoms with Crippen LogP contribution in [0.3, 0.4) is 0 Å². The molecule has 0 spiro atoms. The molecule has 2 aliphatic heterocycles. The number of hydrogen-bond donors (Lipinski definition) is 1. The van der Waals surface area contributed by atoms with Crippen LogP contribution in [0, 0.1) is 0 Å². The van der Waals surface area contributed by atoms with Crippen LogP contribution >= 0.6 is 0 Å². The molecule has 1 amide bonds. The van der Waals surface area contributed by atoms with Gasteiger partial charge in [0, 0.05) is 19.0 Å². The molecule has 1 aromatic rings. The molecule has 2 heterocycles. The number of likely N-dealkylation sites (tertiary alicyclic amines) is 1. The molecule has 21 heavy (non-hydrogen) atoms. The van der Waals surface area contributed by atoms with E-state index in [1.807, 2.05) is 30.0 Å². The number of nitrogens with two attached hydrogens (primary N) is 1. The van der Waals surface area contributed by atoms with Crippen LogP contribution in [0.2, 0.25) is 0 Å². The van der Waals surface area contributed by atoms with Gasteiger partial charge in [-0.15, -0.1) is 0 Å². The first kappa shape index (κ1) is 14.2. The molecule has 0 bridgehead atoms. The third kappa shape index (κ3) is 2.97. The van der Waals surface area contributed by atoms with E-state index < -0.39 is 0 Å². The van der Waals surface area contributed by atoms with Crippen molar-refractivity contribution in [3.8, 4) is 11.5 Å². The van der Waals surface area contributed by atoms with Gasteiger partial charge in [0.05, 0.1) is 6.04 Å². The number of nitrogens with zero attached hydrogens (tertiary/aromatic N) is 1. The molecule has 3 rings (SSSR count). The molecule has 114 valence electrons. The van der Waals surface area contributed by atoms with E-state index in [0.29, 0.717) is 6.42 Å². The number of benzene rings is 1. The van der Waals surface area contributed by atoms with Crippen LogP contribution in [-0.2, 0) is 4.79 Å². The predicted octanol–water partition coefficient (Wildman–Crippen LogP) is 2.21. The van der Waals surface area contributed by atoms with Crippen molar-refractivity contribution in [3.63, 3.8) is 0 Å². The number of fused-ring (bicyclic) bond motifs is 1. The van der Waals surface area contributed by atoms with Crippen molar-refractivity contribution in [1.82, 2.24) is 4.90 Å². The smallest absolute Gasteiger partial charge is 0.231 e. The van der Waals surface area contributed by atoms with Crippen LogP contribution in [0.5, 0.6) is 11.5 Å². The number of carbonyl (C=O) groups excluding carboxylic acids is 1. The van der Waals surface area contributed by atoms with E-state index in [1.165, 1.54) is 0 Å². The molecule has 2 unspecified atom stereocenters. The standard InChI is InChI=1S/C16H22N2O3/c1-11(17)4-7-16(19)18-8-2-3-13(18)12-5-6-14-15(9-12)21-10-20-14/h5-6,9,11,13H,2-4,7-8,10,17H2,1H3. The lowest BCUT2D eigenvalue weighted by atomic mass is 10.0. The van der Waals surface area contributed by atoms with Crippen LogP contribution in [0.1, 0.15) is 44.2 Å². The fourth-order valence-electron chi connectivity index (χ4n) is 3.03. The van der Waals surface area contributed by atoms with Gasteiger partial charge in [0.2, 0.25) is 12.7 Å². The molecule has 0 saturated carbocycles. The highest BCUT2D eigenvalue weighted by atomic mass is 16.7. The molecule has 2 aliphatic rings. The second-order valence-electron chi connectivity index (χ2n) is 5.87. The van der Waals surface area contributed by atoms with E-state index in [4.69, 9.17) is 15.2 Å². The van der Waals surface area contributed by atoms with Gasteiger partial charge in [0.25, 0.3) is 0 Å². The van der Waals surface area contributed by atoms with E-state index in [0.717, 1.165) is 42.9 Å². The Hall–Kier alpha value is -1.75. The Morgan fingerprint density at radius 2 is 2.24 bits per heavy atom. The van der Waals surface area contributed by atoms with Gasteiger partial charge in [0.15, 0.2) is 11.5 Å². The zero-order valence-corrected chi connectivity index (χ0v) is 12.4. The van der Waals surface area contributed by atoms with Crippen molar-refractivity contribution in [3.05, 3.63) is 23.8 Å². The van der Waals surface area contributed by atoms with Crippen molar-refractivity contribution in [2.45, 2.75) is 44.7 Å². The van der Waals surface area contributed by atoms with Crippen molar-refractivity contribution in [2.24, 2.45) is 5.73 Å². The summed E-state index contributed by atoms with van der Waals surface area (Å²) < 4.78 is 10.8. The highest BCUT2D eigenvalue weighted by Gasteiger charge is 2.30. The van der Waals surface area contributed by atoms with Gasteiger partial charge in [-0.1, -0.05) is 6.07 Å². The molecular formula is C16H22N2O3. The lowest BCUT2D eigenvalue weighted by molar-refractivity contribution is -0.132. The molecular weight excluding hydrogens is 268 g/mol. The number of carbonyl (C=O) groups is 1. The second kappa shape index (κ2) is 5.93. The van der Waals surface area contributed by atoms with E-state index >= 15 is 0 Å². The van der Waals surface area contributed by atoms with Gasteiger partial charge in [-0.3, -0.25) is 4.79 Å². The van der Waals surface area contributed by atoms with Gasteiger partial charge >= 0.3 is 0 Å². The van der Waals surface area contributed by atoms with Crippen molar-refractivity contribution >= 4 is 5.91 Å². The molecule has 2 atom stereocenters. The monoisotopic (exact) mass is 290 g/mol. The Morgan fingerprint density at radius 1 is 1.43 bits per heavy atom. The van der Waals surface area contributed by atoms with E-state index in [2.05, 4.69) is 0 Å². The minimum absolute atomic E-state index is 0.0700. The van der Waals surface area contributed by atoms with Crippen LogP contribution in [0.4, 0.5) is 0 Å². The summed E-state index contributed by atoms with van der Waals surface area (Å²) in [6, 6.07) is 6.20.